The summed E-state index contributed by atoms with van der Waals surface area (Å²) in [6, 6.07) is 5.92. The molecule has 1 aliphatic rings. The van der Waals surface area contributed by atoms with Crippen molar-refractivity contribution in [2.24, 2.45) is 0 Å². The predicted octanol–water partition coefficient (Wildman–Crippen LogP) is 3.11. The number of carbonyl (C=O) groups excluding carboxylic acids is 1. The zero-order chi connectivity index (χ0) is 15.5. The van der Waals surface area contributed by atoms with Gasteiger partial charge >= 0.3 is 0 Å². The van der Waals surface area contributed by atoms with Crippen LogP contribution in [-0.2, 0) is 6.42 Å². The Labute approximate surface area is 130 Å². The molecule has 116 valence electrons. The summed E-state index contributed by atoms with van der Waals surface area (Å²) in [5.41, 5.74) is 2.07. The molecule has 22 heavy (non-hydrogen) atoms. The van der Waals surface area contributed by atoms with Crippen molar-refractivity contribution >= 4 is 16.8 Å². The van der Waals surface area contributed by atoms with Gasteiger partial charge in [-0.15, -0.1) is 0 Å². The topological polar surface area (TPSA) is 53.2 Å². The summed E-state index contributed by atoms with van der Waals surface area (Å²) >= 11 is 0. The molecule has 4 heteroatoms. The summed E-state index contributed by atoms with van der Waals surface area (Å²) in [6.07, 6.45) is 6.82. The summed E-state index contributed by atoms with van der Waals surface area (Å²) in [4.78, 5) is 30.0. The molecule has 1 aliphatic heterocycles. The van der Waals surface area contributed by atoms with Gasteiger partial charge in [-0.05, 0) is 43.4 Å². The van der Waals surface area contributed by atoms with Crippen LogP contribution in [0, 0.1) is 0 Å². The summed E-state index contributed by atoms with van der Waals surface area (Å²) in [6.45, 7) is 3.67. The number of nitrogens with zero attached hydrogens (tertiary/aromatic N) is 1. The average Bonchev–Trinajstić information content (AvgIpc) is 3.07. The van der Waals surface area contributed by atoms with Gasteiger partial charge in [0.2, 0.25) is 5.43 Å². The van der Waals surface area contributed by atoms with Gasteiger partial charge in [0, 0.05) is 30.2 Å². The molecule has 4 nitrogen and oxygen atoms in total. The maximum absolute atomic E-state index is 12.7. The van der Waals surface area contributed by atoms with Crippen LogP contribution in [0.4, 0.5) is 0 Å². The predicted molar refractivity (Wildman–Crippen MR) is 88.3 cm³/mol. The first-order valence-corrected chi connectivity index (χ1v) is 8.14. The number of aryl methyl sites for hydroxylation is 1. The smallest absolute Gasteiger partial charge is 0.259 e. The number of rotatable bonds is 4. The monoisotopic (exact) mass is 298 g/mol. The van der Waals surface area contributed by atoms with Crippen LogP contribution in [0.3, 0.4) is 0 Å². The van der Waals surface area contributed by atoms with Crippen molar-refractivity contribution in [2.75, 3.05) is 13.1 Å². The third-order valence-corrected chi connectivity index (χ3v) is 4.39. The normalized spacial score (nSPS) is 14.7. The zero-order valence-corrected chi connectivity index (χ0v) is 13.0. The number of hydrogen-bond donors (Lipinski definition) is 1. The maximum atomic E-state index is 12.7. The first-order valence-electron chi connectivity index (χ1n) is 8.14. The van der Waals surface area contributed by atoms with E-state index in [4.69, 9.17) is 0 Å². The van der Waals surface area contributed by atoms with Gasteiger partial charge in [0.25, 0.3) is 5.91 Å². The van der Waals surface area contributed by atoms with Crippen LogP contribution in [0.2, 0.25) is 0 Å². The Hall–Kier alpha value is -2.10. The molecule has 1 fully saturated rings. The van der Waals surface area contributed by atoms with Gasteiger partial charge in [0.05, 0.1) is 0 Å². The van der Waals surface area contributed by atoms with Crippen LogP contribution in [0.5, 0.6) is 0 Å². The van der Waals surface area contributed by atoms with E-state index in [0.717, 1.165) is 56.3 Å². The Balaban J connectivity index is 1.99. The lowest BCUT2D eigenvalue weighted by atomic mass is 10.0. The second-order valence-electron chi connectivity index (χ2n) is 6.01. The number of pyridine rings is 1. The van der Waals surface area contributed by atoms with E-state index in [1.165, 1.54) is 0 Å². The molecule has 2 heterocycles. The molecule has 1 aromatic carbocycles. The molecule has 0 bridgehead atoms. The van der Waals surface area contributed by atoms with Crippen LogP contribution >= 0.6 is 0 Å². The second-order valence-corrected chi connectivity index (χ2v) is 6.01. The Morgan fingerprint density at radius 3 is 2.77 bits per heavy atom. The number of benzene rings is 1. The number of fused-ring (bicyclic) bond motifs is 1. The molecule has 0 radical (unpaired) electrons. The number of nitrogens with one attached hydrogen (secondary N) is 1. The van der Waals surface area contributed by atoms with E-state index in [1.54, 1.807) is 11.1 Å². The molecule has 1 aromatic heterocycles. The minimum Gasteiger partial charge on any atom is -0.360 e. The largest absolute Gasteiger partial charge is 0.360 e. The molecule has 2 aromatic rings. The van der Waals surface area contributed by atoms with E-state index in [9.17, 15) is 9.59 Å². The van der Waals surface area contributed by atoms with Crippen molar-refractivity contribution in [3.05, 3.63) is 45.7 Å². The Morgan fingerprint density at radius 2 is 2.05 bits per heavy atom. The second kappa shape index (κ2) is 6.34. The van der Waals surface area contributed by atoms with Gasteiger partial charge in [-0.2, -0.15) is 0 Å². The molecular weight excluding hydrogens is 276 g/mol. The van der Waals surface area contributed by atoms with E-state index >= 15 is 0 Å². The summed E-state index contributed by atoms with van der Waals surface area (Å²) in [5, 5.41) is 0.624. The van der Waals surface area contributed by atoms with Gasteiger partial charge in [0.15, 0.2) is 0 Å². The fourth-order valence-electron chi connectivity index (χ4n) is 3.05. The SMILES string of the molecule is CCCCc1ccc2[nH]cc(C(=O)N3CCCC3)c(=O)c2c1. The van der Waals surface area contributed by atoms with E-state index in [1.807, 2.05) is 12.1 Å². The van der Waals surface area contributed by atoms with Crippen molar-refractivity contribution in [3.8, 4) is 0 Å². The first-order chi connectivity index (χ1) is 10.7. The Bertz CT molecular complexity index is 742. The van der Waals surface area contributed by atoms with Gasteiger partial charge < -0.3 is 9.88 Å². The Morgan fingerprint density at radius 1 is 1.27 bits per heavy atom. The highest BCUT2D eigenvalue weighted by Crippen LogP contribution is 2.15. The first kappa shape index (κ1) is 14.8. The quantitative estimate of drug-likeness (QED) is 0.943. The van der Waals surface area contributed by atoms with Crippen LogP contribution in [0.15, 0.2) is 29.2 Å². The molecule has 0 spiro atoms. The van der Waals surface area contributed by atoms with Crippen molar-refractivity contribution in [1.29, 1.82) is 0 Å². The minimum absolute atomic E-state index is 0.139. The van der Waals surface area contributed by atoms with Crippen LogP contribution < -0.4 is 5.43 Å². The molecule has 1 amide bonds. The third kappa shape index (κ3) is 2.78. The molecule has 1 N–H and O–H groups in total. The summed E-state index contributed by atoms with van der Waals surface area (Å²) < 4.78 is 0. The average molecular weight is 298 g/mol. The molecule has 0 unspecified atom stereocenters. The molecule has 1 saturated heterocycles. The van der Waals surface area contributed by atoms with Crippen molar-refractivity contribution in [1.82, 2.24) is 9.88 Å². The number of likely N-dealkylation sites (tertiary alicyclic amines) is 1. The van der Waals surface area contributed by atoms with Gasteiger partial charge in [-0.25, -0.2) is 0 Å². The molecule has 3 rings (SSSR count). The minimum atomic E-state index is -0.149. The van der Waals surface area contributed by atoms with Crippen LogP contribution in [0.25, 0.3) is 10.9 Å². The standard InChI is InChI=1S/C18H22N2O2/c1-2-3-6-13-7-8-16-14(11-13)17(21)15(12-19-16)18(22)20-9-4-5-10-20/h7-8,11-12H,2-6,9-10H2,1H3,(H,19,21). The lowest BCUT2D eigenvalue weighted by molar-refractivity contribution is 0.0791. The number of hydrogen-bond acceptors (Lipinski definition) is 2. The summed E-state index contributed by atoms with van der Waals surface area (Å²) in [7, 11) is 0. The fraction of sp³-hybridized carbons (Fsp3) is 0.444. The number of aromatic nitrogens is 1. The lowest BCUT2D eigenvalue weighted by Gasteiger charge is -2.15. The number of amides is 1. The van der Waals surface area contributed by atoms with E-state index in [0.29, 0.717) is 5.39 Å². The van der Waals surface area contributed by atoms with Gasteiger partial charge in [-0.1, -0.05) is 19.4 Å². The fourth-order valence-corrected chi connectivity index (χ4v) is 3.05. The van der Waals surface area contributed by atoms with Crippen LogP contribution in [0.1, 0.15) is 48.5 Å². The highest BCUT2D eigenvalue weighted by Gasteiger charge is 2.22. The lowest BCUT2D eigenvalue weighted by Crippen LogP contribution is -2.31. The van der Waals surface area contributed by atoms with Gasteiger partial charge in [0.1, 0.15) is 5.56 Å². The summed E-state index contributed by atoms with van der Waals surface area (Å²) in [5.74, 6) is -0.139. The third-order valence-electron chi connectivity index (χ3n) is 4.39. The highest BCUT2D eigenvalue weighted by molar-refractivity contribution is 5.97. The van der Waals surface area contributed by atoms with Crippen molar-refractivity contribution in [2.45, 2.75) is 39.0 Å². The van der Waals surface area contributed by atoms with E-state index in [-0.39, 0.29) is 16.9 Å². The molecule has 0 saturated carbocycles. The van der Waals surface area contributed by atoms with Crippen molar-refractivity contribution in [3.63, 3.8) is 0 Å². The van der Waals surface area contributed by atoms with Crippen LogP contribution in [-0.4, -0.2) is 28.9 Å². The maximum Gasteiger partial charge on any atom is 0.259 e. The van der Waals surface area contributed by atoms with E-state index in [2.05, 4.69) is 18.0 Å². The van der Waals surface area contributed by atoms with Crippen molar-refractivity contribution < 1.29 is 4.79 Å². The van der Waals surface area contributed by atoms with Gasteiger partial charge in [-0.3, -0.25) is 9.59 Å². The number of carbonyl (C=O) groups is 1. The number of H-pyrrole nitrogens is 1. The molecule has 0 atom stereocenters. The van der Waals surface area contributed by atoms with E-state index < -0.39 is 0 Å². The Kier molecular flexibility index (Phi) is 4.27. The molecular formula is C18H22N2O2. The molecule has 0 aliphatic carbocycles. The zero-order valence-electron chi connectivity index (χ0n) is 13.0. The number of aromatic amines is 1. The highest BCUT2D eigenvalue weighted by atomic mass is 16.2. The number of unbranched alkanes of at least 4 members (excludes halogenated alkanes) is 1.